The van der Waals surface area contributed by atoms with Gasteiger partial charge >= 0.3 is 0 Å². The zero-order valence-corrected chi connectivity index (χ0v) is 15.1. The molecule has 0 spiro atoms. The van der Waals surface area contributed by atoms with E-state index < -0.39 is 15.9 Å². The summed E-state index contributed by atoms with van der Waals surface area (Å²) >= 11 is 0. The summed E-state index contributed by atoms with van der Waals surface area (Å²) in [6.45, 7) is 4.24. The Hall–Kier alpha value is -2.52. The Morgan fingerprint density at radius 3 is 2.48 bits per heavy atom. The highest BCUT2D eigenvalue weighted by Crippen LogP contribution is 2.19. The van der Waals surface area contributed by atoms with E-state index in [2.05, 4.69) is 10.4 Å². The van der Waals surface area contributed by atoms with Gasteiger partial charge in [-0.3, -0.25) is 9.59 Å². The molecule has 0 fully saturated rings. The molecule has 1 N–H and O–H groups in total. The van der Waals surface area contributed by atoms with Gasteiger partial charge in [-0.25, -0.2) is 13.1 Å². The van der Waals surface area contributed by atoms with E-state index in [0.717, 1.165) is 4.68 Å². The molecule has 0 radical (unpaired) electrons. The smallest absolute Gasteiger partial charge is 0.276 e. The zero-order chi connectivity index (χ0) is 18.6. The zero-order valence-electron chi connectivity index (χ0n) is 14.3. The number of benzene rings is 1. The van der Waals surface area contributed by atoms with Crippen molar-refractivity contribution in [3.63, 3.8) is 0 Å². The first-order valence-electron chi connectivity index (χ1n) is 7.75. The van der Waals surface area contributed by atoms with Crippen molar-refractivity contribution in [3.05, 3.63) is 52.4 Å². The second kappa shape index (κ2) is 7.58. The van der Waals surface area contributed by atoms with E-state index in [-0.39, 0.29) is 16.1 Å². The van der Waals surface area contributed by atoms with Gasteiger partial charge < -0.3 is 5.32 Å². The summed E-state index contributed by atoms with van der Waals surface area (Å²) < 4.78 is 27.5. The van der Waals surface area contributed by atoms with Crippen molar-refractivity contribution in [3.8, 4) is 0 Å². The van der Waals surface area contributed by atoms with E-state index in [1.54, 1.807) is 26.0 Å². The van der Waals surface area contributed by atoms with Crippen LogP contribution >= 0.6 is 0 Å². The molecule has 0 aliphatic heterocycles. The molecule has 134 valence electrons. The molecule has 2 rings (SSSR count). The number of carbonyl (C=O) groups is 1. The maximum Gasteiger partial charge on any atom is 0.276 e. The molecule has 0 aliphatic carbocycles. The second-order valence-electron chi connectivity index (χ2n) is 5.25. The lowest BCUT2D eigenvalue weighted by molar-refractivity contribution is 0.102. The molecule has 8 nitrogen and oxygen atoms in total. The summed E-state index contributed by atoms with van der Waals surface area (Å²) in [5.41, 5.74) is 0.0526. The minimum Gasteiger partial charge on any atom is -0.321 e. The van der Waals surface area contributed by atoms with Gasteiger partial charge in [0, 0.05) is 31.9 Å². The molecule has 1 aromatic carbocycles. The average Bonchev–Trinajstić information content (AvgIpc) is 2.58. The minimum atomic E-state index is -3.62. The van der Waals surface area contributed by atoms with Crippen LogP contribution in [0.25, 0.3) is 0 Å². The molecule has 0 saturated carbocycles. The average molecular weight is 364 g/mol. The number of rotatable bonds is 6. The molecular weight excluding hydrogens is 344 g/mol. The molecule has 0 saturated heterocycles. The Labute approximate surface area is 146 Å². The second-order valence-corrected chi connectivity index (χ2v) is 7.19. The van der Waals surface area contributed by atoms with E-state index in [1.807, 2.05) is 0 Å². The van der Waals surface area contributed by atoms with Crippen molar-refractivity contribution >= 4 is 21.6 Å². The highest BCUT2D eigenvalue weighted by atomic mass is 32.2. The van der Waals surface area contributed by atoms with Crippen LogP contribution in [-0.2, 0) is 17.1 Å². The first-order valence-corrected chi connectivity index (χ1v) is 9.19. The van der Waals surface area contributed by atoms with Gasteiger partial charge in [0.15, 0.2) is 0 Å². The largest absolute Gasteiger partial charge is 0.321 e. The summed E-state index contributed by atoms with van der Waals surface area (Å²) in [4.78, 5) is 23.7. The van der Waals surface area contributed by atoms with E-state index >= 15 is 0 Å². The molecule has 0 aliphatic rings. The molecule has 0 unspecified atom stereocenters. The fraction of sp³-hybridized carbons (Fsp3) is 0.312. The van der Waals surface area contributed by atoms with Crippen LogP contribution in [0.5, 0.6) is 0 Å². The van der Waals surface area contributed by atoms with Crippen molar-refractivity contribution in [2.24, 2.45) is 7.05 Å². The molecule has 1 aromatic heterocycles. The van der Waals surface area contributed by atoms with Gasteiger partial charge in [-0.2, -0.15) is 9.40 Å². The normalized spacial score (nSPS) is 11.5. The molecule has 0 atom stereocenters. The first-order chi connectivity index (χ1) is 11.8. The van der Waals surface area contributed by atoms with Gasteiger partial charge in [-0.05, 0) is 24.3 Å². The van der Waals surface area contributed by atoms with Gasteiger partial charge in [0.25, 0.3) is 11.5 Å². The lowest BCUT2D eigenvalue weighted by Gasteiger charge is -2.18. The fourth-order valence-electron chi connectivity index (χ4n) is 2.27. The van der Waals surface area contributed by atoms with Crippen molar-refractivity contribution in [1.82, 2.24) is 14.1 Å². The summed E-state index contributed by atoms with van der Waals surface area (Å²) in [6, 6.07) is 8.57. The molecular formula is C16H20N4O4S. The van der Waals surface area contributed by atoms with Crippen LogP contribution in [0.2, 0.25) is 0 Å². The maximum atomic E-state index is 12.5. The van der Waals surface area contributed by atoms with Gasteiger partial charge in [-0.15, -0.1) is 0 Å². The number of sulfonamides is 1. The number of hydrogen-bond acceptors (Lipinski definition) is 5. The molecule has 2 aromatic rings. The number of anilines is 1. The van der Waals surface area contributed by atoms with Crippen LogP contribution in [0.3, 0.4) is 0 Å². The summed E-state index contributed by atoms with van der Waals surface area (Å²) in [5.74, 6) is -0.534. The number of hydrogen-bond donors (Lipinski definition) is 1. The minimum absolute atomic E-state index is 0.0547. The molecule has 25 heavy (non-hydrogen) atoms. The van der Waals surface area contributed by atoms with E-state index in [1.165, 1.54) is 35.6 Å². The maximum absolute atomic E-state index is 12.5. The van der Waals surface area contributed by atoms with Gasteiger partial charge in [0.2, 0.25) is 10.0 Å². The Kier molecular flexibility index (Phi) is 5.70. The fourth-order valence-corrected chi connectivity index (χ4v) is 3.77. The van der Waals surface area contributed by atoms with Crippen LogP contribution in [0, 0.1) is 0 Å². The number of aryl methyl sites for hydroxylation is 1. The predicted molar refractivity (Wildman–Crippen MR) is 94.0 cm³/mol. The lowest BCUT2D eigenvalue weighted by Crippen LogP contribution is -2.30. The summed E-state index contributed by atoms with van der Waals surface area (Å²) in [5, 5.41) is 6.45. The quantitative estimate of drug-likeness (QED) is 0.826. The van der Waals surface area contributed by atoms with Crippen LogP contribution in [0.1, 0.15) is 24.3 Å². The Bertz CT molecular complexity index is 933. The molecule has 1 heterocycles. The summed E-state index contributed by atoms with van der Waals surface area (Å²) in [6.07, 6.45) is 0. The van der Waals surface area contributed by atoms with Crippen LogP contribution < -0.4 is 10.9 Å². The standard InChI is InChI=1S/C16H20N4O4S/c1-4-20(5-2)25(23,24)13-8-6-7-12(11-13)17-16(22)14-9-10-15(21)19(3)18-14/h6-11H,4-5H2,1-3H3,(H,17,22). The number of amides is 1. The number of aromatic nitrogens is 2. The van der Waals surface area contributed by atoms with Crippen molar-refractivity contribution < 1.29 is 13.2 Å². The topological polar surface area (TPSA) is 101 Å². The van der Waals surface area contributed by atoms with E-state index in [0.29, 0.717) is 18.8 Å². The van der Waals surface area contributed by atoms with Crippen molar-refractivity contribution in [1.29, 1.82) is 0 Å². The van der Waals surface area contributed by atoms with E-state index in [9.17, 15) is 18.0 Å². The Balaban J connectivity index is 2.28. The van der Waals surface area contributed by atoms with Crippen molar-refractivity contribution in [2.75, 3.05) is 18.4 Å². The highest BCUT2D eigenvalue weighted by Gasteiger charge is 2.22. The Morgan fingerprint density at radius 2 is 1.88 bits per heavy atom. The third-order valence-electron chi connectivity index (χ3n) is 3.63. The summed E-state index contributed by atoms with van der Waals surface area (Å²) in [7, 11) is -2.17. The van der Waals surface area contributed by atoms with Crippen LogP contribution in [-0.4, -0.2) is 41.5 Å². The Morgan fingerprint density at radius 1 is 1.20 bits per heavy atom. The first kappa shape index (κ1) is 18.8. The van der Waals surface area contributed by atoms with Gasteiger partial charge in [0.05, 0.1) is 4.90 Å². The predicted octanol–water partition coefficient (Wildman–Crippen LogP) is 1.06. The van der Waals surface area contributed by atoms with Gasteiger partial charge in [0.1, 0.15) is 5.69 Å². The monoisotopic (exact) mass is 364 g/mol. The number of nitrogens with zero attached hydrogens (tertiary/aromatic N) is 3. The SMILES string of the molecule is CCN(CC)S(=O)(=O)c1cccc(NC(=O)c2ccc(=O)n(C)n2)c1. The number of carbonyl (C=O) groups excluding carboxylic acids is 1. The number of nitrogens with one attached hydrogen (secondary N) is 1. The third-order valence-corrected chi connectivity index (χ3v) is 5.67. The van der Waals surface area contributed by atoms with Crippen molar-refractivity contribution in [2.45, 2.75) is 18.7 Å². The van der Waals surface area contributed by atoms with E-state index in [4.69, 9.17) is 0 Å². The lowest BCUT2D eigenvalue weighted by atomic mass is 10.3. The molecule has 0 bridgehead atoms. The molecule has 1 amide bonds. The van der Waals surface area contributed by atoms with Crippen LogP contribution in [0.4, 0.5) is 5.69 Å². The molecule has 9 heteroatoms. The third kappa shape index (κ3) is 4.12. The van der Waals surface area contributed by atoms with Gasteiger partial charge in [-0.1, -0.05) is 19.9 Å². The van der Waals surface area contributed by atoms with Crippen LogP contribution in [0.15, 0.2) is 46.1 Å². The highest BCUT2D eigenvalue weighted by molar-refractivity contribution is 7.89.